The summed E-state index contributed by atoms with van der Waals surface area (Å²) in [4.78, 5) is 2.21. The predicted molar refractivity (Wildman–Crippen MR) is 81.7 cm³/mol. The summed E-state index contributed by atoms with van der Waals surface area (Å²) in [5.74, 6) is 0. The molecule has 0 aromatic rings. The van der Waals surface area contributed by atoms with Crippen LogP contribution >= 0.6 is 0 Å². The molecule has 1 saturated heterocycles. The molecule has 1 aliphatic heterocycles. The summed E-state index contributed by atoms with van der Waals surface area (Å²) < 4.78 is 22.9. The maximum Gasteiger partial charge on any atom is 0.500 e. The Morgan fingerprint density at radius 1 is 1.25 bits per heavy atom. The molecule has 0 aromatic heterocycles. The molecule has 20 heavy (non-hydrogen) atoms. The van der Waals surface area contributed by atoms with Crippen molar-refractivity contribution in [3.63, 3.8) is 0 Å². The minimum Gasteiger partial charge on any atom is -0.379 e. The van der Waals surface area contributed by atoms with Gasteiger partial charge in [-0.05, 0) is 6.42 Å². The summed E-state index contributed by atoms with van der Waals surface area (Å²) in [6.07, 6.45) is 4.61. The zero-order valence-corrected chi connectivity index (χ0v) is 13.7. The van der Waals surface area contributed by atoms with Crippen LogP contribution in [0.4, 0.5) is 0 Å². The first-order valence-electron chi connectivity index (χ1n) is 6.99. The molecule has 0 aliphatic carbocycles. The lowest BCUT2D eigenvalue weighted by Gasteiger charge is -2.35. The molecule has 0 bridgehead atoms. The quantitative estimate of drug-likeness (QED) is 0.504. The van der Waals surface area contributed by atoms with Crippen molar-refractivity contribution in [1.82, 2.24) is 4.90 Å². The summed E-state index contributed by atoms with van der Waals surface area (Å²) in [5.41, 5.74) is 0. The molecule has 1 fully saturated rings. The SMILES string of the molecule is C=CCN(CC=C)CC1COCCC[Si](OC)(OC)O1. The Morgan fingerprint density at radius 2 is 1.90 bits per heavy atom. The molecule has 1 rings (SSSR count). The summed E-state index contributed by atoms with van der Waals surface area (Å²) in [7, 11) is 0.787. The predicted octanol–water partition coefficient (Wildman–Crippen LogP) is 1.70. The molecule has 5 nitrogen and oxygen atoms in total. The number of rotatable bonds is 8. The third-order valence-electron chi connectivity index (χ3n) is 3.28. The van der Waals surface area contributed by atoms with Crippen molar-refractivity contribution in [1.29, 1.82) is 0 Å². The van der Waals surface area contributed by atoms with E-state index in [2.05, 4.69) is 18.1 Å². The van der Waals surface area contributed by atoms with Gasteiger partial charge in [-0.2, -0.15) is 0 Å². The van der Waals surface area contributed by atoms with Crippen LogP contribution in [0.25, 0.3) is 0 Å². The maximum absolute atomic E-state index is 6.16. The molecule has 0 spiro atoms. The van der Waals surface area contributed by atoms with Gasteiger partial charge in [0.25, 0.3) is 0 Å². The molecule has 0 N–H and O–H groups in total. The third-order valence-corrected chi connectivity index (χ3v) is 6.18. The molecular formula is C14H27NO4Si. The fourth-order valence-electron chi connectivity index (χ4n) is 2.30. The second-order valence-electron chi connectivity index (χ2n) is 4.81. The molecule has 0 saturated carbocycles. The topological polar surface area (TPSA) is 40.2 Å². The van der Waals surface area contributed by atoms with E-state index < -0.39 is 8.80 Å². The molecular weight excluding hydrogens is 274 g/mol. The van der Waals surface area contributed by atoms with Crippen molar-refractivity contribution in [2.24, 2.45) is 0 Å². The monoisotopic (exact) mass is 301 g/mol. The molecule has 1 heterocycles. The first-order chi connectivity index (χ1) is 9.69. The summed E-state index contributed by atoms with van der Waals surface area (Å²) in [6.45, 7) is 11.2. The minimum absolute atomic E-state index is 0.0539. The fraction of sp³-hybridized carbons (Fsp3) is 0.714. The van der Waals surface area contributed by atoms with Crippen LogP contribution in [0.5, 0.6) is 0 Å². The van der Waals surface area contributed by atoms with Crippen LogP contribution in [0.2, 0.25) is 6.04 Å². The van der Waals surface area contributed by atoms with Crippen molar-refractivity contribution < 1.29 is 18.0 Å². The van der Waals surface area contributed by atoms with Crippen LogP contribution in [0.1, 0.15) is 6.42 Å². The van der Waals surface area contributed by atoms with E-state index in [-0.39, 0.29) is 6.10 Å². The van der Waals surface area contributed by atoms with Crippen molar-refractivity contribution in [2.75, 3.05) is 47.1 Å². The van der Waals surface area contributed by atoms with Crippen molar-refractivity contribution >= 4 is 8.80 Å². The number of nitrogens with zero attached hydrogens (tertiary/aromatic N) is 1. The molecule has 116 valence electrons. The van der Waals surface area contributed by atoms with Crippen molar-refractivity contribution in [3.05, 3.63) is 25.3 Å². The van der Waals surface area contributed by atoms with Crippen LogP contribution in [-0.2, 0) is 18.0 Å². The highest BCUT2D eigenvalue weighted by Gasteiger charge is 2.42. The second-order valence-corrected chi connectivity index (χ2v) is 7.72. The van der Waals surface area contributed by atoms with Gasteiger partial charge in [-0.3, -0.25) is 4.90 Å². The Morgan fingerprint density at radius 3 is 2.45 bits per heavy atom. The Kier molecular flexibility index (Phi) is 8.28. The van der Waals surface area contributed by atoms with Crippen LogP contribution in [0.3, 0.4) is 0 Å². The zero-order valence-electron chi connectivity index (χ0n) is 12.7. The van der Waals surface area contributed by atoms with E-state index in [4.69, 9.17) is 18.0 Å². The van der Waals surface area contributed by atoms with Gasteiger partial charge in [-0.25, -0.2) is 0 Å². The average Bonchev–Trinajstić information content (AvgIpc) is 2.43. The summed E-state index contributed by atoms with van der Waals surface area (Å²) in [6, 6.07) is 0.791. The largest absolute Gasteiger partial charge is 0.500 e. The zero-order chi connectivity index (χ0) is 14.8. The molecule has 0 amide bonds. The fourth-order valence-corrected chi connectivity index (χ4v) is 4.42. The molecule has 1 aliphatic rings. The van der Waals surface area contributed by atoms with Crippen LogP contribution in [0.15, 0.2) is 25.3 Å². The lowest BCUT2D eigenvalue weighted by atomic mass is 10.3. The molecule has 1 unspecified atom stereocenters. The van der Waals surface area contributed by atoms with Gasteiger partial charge in [-0.1, -0.05) is 12.2 Å². The number of hydrogen-bond acceptors (Lipinski definition) is 5. The minimum atomic E-state index is -2.55. The molecule has 0 aromatic carbocycles. The van der Waals surface area contributed by atoms with Gasteiger partial charge in [0.05, 0.1) is 12.7 Å². The Hall–Kier alpha value is -0.503. The van der Waals surface area contributed by atoms with E-state index in [0.29, 0.717) is 6.61 Å². The summed E-state index contributed by atoms with van der Waals surface area (Å²) >= 11 is 0. The lowest BCUT2D eigenvalue weighted by Crippen LogP contribution is -2.51. The van der Waals surface area contributed by atoms with E-state index in [1.807, 2.05) is 12.2 Å². The van der Waals surface area contributed by atoms with Gasteiger partial charge < -0.3 is 18.0 Å². The van der Waals surface area contributed by atoms with Gasteiger partial charge in [0, 0.05) is 46.5 Å². The number of hydrogen-bond donors (Lipinski definition) is 0. The second kappa shape index (κ2) is 9.44. The average molecular weight is 301 g/mol. The van der Waals surface area contributed by atoms with Crippen LogP contribution in [0, 0.1) is 0 Å². The van der Waals surface area contributed by atoms with E-state index in [1.54, 1.807) is 14.2 Å². The normalized spacial score (nSPS) is 23.1. The third kappa shape index (κ3) is 5.47. The highest BCUT2D eigenvalue weighted by molar-refractivity contribution is 6.60. The van der Waals surface area contributed by atoms with Crippen molar-refractivity contribution in [3.8, 4) is 0 Å². The van der Waals surface area contributed by atoms with Gasteiger partial charge in [0.1, 0.15) is 0 Å². The van der Waals surface area contributed by atoms with Crippen LogP contribution < -0.4 is 0 Å². The van der Waals surface area contributed by atoms with Crippen LogP contribution in [-0.4, -0.2) is 66.9 Å². The van der Waals surface area contributed by atoms with Gasteiger partial charge in [-0.15, -0.1) is 13.2 Å². The Balaban J connectivity index is 2.67. The first-order valence-corrected chi connectivity index (χ1v) is 8.93. The van der Waals surface area contributed by atoms with Gasteiger partial charge >= 0.3 is 8.80 Å². The highest BCUT2D eigenvalue weighted by Crippen LogP contribution is 2.21. The van der Waals surface area contributed by atoms with E-state index in [0.717, 1.165) is 38.7 Å². The van der Waals surface area contributed by atoms with Gasteiger partial charge in [0.15, 0.2) is 0 Å². The Labute approximate surface area is 123 Å². The van der Waals surface area contributed by atoms with E-state index in [9.17, 15) is 0 Å². The maximum atomic E-state index is 6.16. The van der Waals surface area contributed by atoms with Gasteiger partial charge in [0.2, 0.25) is 0 Å². The molecule has 6 heteroatoms. The standard InChI is InChI=1S/C14H27NO4Si/c1-5-8-15(9-6-2)12-14-13-18-10-7-11-20(16-3,17-4)19-14/h5-6,14H,1-2,7-13H2,3-4H3. The Bertz CT molecular complexity index is 287. The first kappa shape index (κ1) is 17.5. The lowest BCUT2D eigenvalue weighted by molar-refractivity contribution is -0.0252. The van der Waals surface area contributed by atoms with Crippen molar-refractivity contribution in [2.45, 2.75) is 18.6 Å². The number of ether oxygens (including phenoxy) is 1. The van der Waals surface area contributed by atoms with E-state index in [1.165, 1.54) is 0 Å². The molecule has 1 atom stereocenters. The highest BCUT2D eigenvalue weighted by atomic mass is 28.4. The smallest absolute Gasteiger partial charge is 0.379 e. The molecule has 0 radical (unpaired) electrons. The van der Waals surface area contributed by atoms with E-state index >= 15 is 0 Å². The summed E-state index contributed by atoms with van der Waals surface area (Å²) in [5, 5.41) is 0.